The summed E-state index contributed by atoms with van der Waals surface area (Å²) in [5.41, 5.74) is -0.684. The van der Waals surface area contributed by atoms with Crippen LogP contribution in [0.15, 0.2) is 48.5 Å². The maximum atomic E-state index is 13.5. The fraction of sp³-hybridized carbons (Fsp3) is 0.188. The van der Waals surface area contributed by atoms with E-state index in [0.29, 0.717) is 5.56 Å². The van der Waals surface area contributed by atoms with Crippen molar-refractivity contribution in [1.82, 2.24) is 4.90 Å². The van der Waals surface area contributed by atoms with Gasteiger partial charge in [0.2, 0.25) is 0 Å². The molecule has 2 aromatic rings. The fourth-order valence-corrected chi connectivity index (χ4v) is 2.00. The molecule has 116 valence electrons. The first-order chi connectivity index (χ1) is 10.3. The van der Waals surface area contributed by atoms with Crippen molar-refractivity contribution in [3.63, 3.8) is 0 Å². The number of carbonyl (C=O) groups excluding carboxylic acids is 1. The number of nitrogens with zero attached hydrogens (tertiary/aromatic N) is 1. The smallest absolute Gasteiger partial charge is 0.337 e. The highest BCUT2D eigenvalue weighted by atomic mass is 19.4. The van der Waals surface area contributed by atoms with Gasteiger partial charge in [0.25, 0.3) is 5.91 Å². The standard InChI is InChI=1S/C16H13F4NO/c1-21(10-12-5-2-3-8-14(12)17)15(22)11-6-4-7-13(9-11)16(18,19)20/h2-9H,10H2,1H3. The quantitative estimate of drug-likeness (QED) is 0.781. The van der Waals surface area contributed by atoms with Gasteiger partial charge in [-0.1, -0.05) is 24.3 Å². The molecule has 0 atom stereocenters. The summed E-state index contributed by atoms with van der Waals surface area (Å²) >= 11 is 0. The fourth-order valence-electron chi connectivity index (χ4n) is 2.00. The van der Waals surface area contributed by atoms with E-state index in [1.807, 2.05) is 0 Å². The zero-order chi connectivity index (χ0) is 16.3. The summed E-state index contributed by atoms with van der Waals surface area (Å²) in [5, 5.41) is 0. The van der Waals surface area contributed by atoms with Crippen LogP contribution >= 0.6 is 0 Å². The second kappa shape index (κ2) is 6.17. The Hall–Kier alpha value is -2.37. The van der Waals surface area contributed by atoms with E-state index in [1.54, 1.807) is 6.07 Å². The summed E-state index contributed by atoms with van der Waals surface area (Å²) in [6, 6.07) is 10.1. The lowest BCUT2D eigenvalue weighted by atomic mass is 10.1. The van der Waals surface area contributed by atoms with E-state index < -0.39 is 23.5 Å². The molecule has 0 aliphatic heterocycles. The molecule has 0 fully saturated rings. The second-order valence-corrected chi connectivity index (χ2v) is 4.83. The zero-order valence-corrected chi connectivity index (χ0v) is 11.7. The number of carbonyl (C=O) groups is 1. The van der Waals surface area contributed by atoms with E-state index in [4.69, 9.17) is 0 Å². The Bertz CT molecular complexity index is 682. The molecule has 2 rings (SSSR count). The van der Waals surface area contributed by atoms with E-state index in [1.165, 1.54) is 42.3 Å². The largest absolute Gasteiger partial charge is 0.416 e. The third-order valence-electron chi connectivity index (χ3n) is 3.15. The molecule has 0 aliphatic rings. The number of benzene rings is 2. The molecule has 6 heteroatoms. The van der Waals surface area contributed by atoms with Crippen molar-refractivity contribution in [1.29, 1.82) is 0 Å². The summed E-state index contributed by atoms with van der Waals surface area (Å²) in [6.07, 6.45) is -4.51. The lowest BCUT2D eigenvalue weighted by Gasteiger charge is -2.18. The third-order valence-corrected chi connectivity index (χ3v) is 3.15. The zero-order valence-electron chi connectivity index (χ0n) is 11.7. The van der Waals surface area contributed by atoms with Crippen LogP contribution in [0, 0.1) is 5.82 Å². The highest BCUT2D eigenvalue weighted by molar-refractivity contribution is 5.94. The minimum Gasteiger partial charge on any atom is -0.337 e. The van der Waals surface area contributed by atoms with Crippen LogP contribution in [0.2, 0.25) is 0 Å². The van der Waals surface area contributed by atoms with Crippen molar-refractivity contribution < 1.29 is 22.4 Å². The Balaban J connectivity index is 2.19. The molecule has 0 N–H and O–H groups in total. The molecule has 0 aromatic heterocycles. The van der Waals surface area contributed by atoms with Crippen molar-refractivity contribution >= 4 is 5.91 Å². The van der Waals surface area contributed by atoms with Crippen LogP contribution in [0.5, 0.6) is 0 Å². The first-order valence-corrected chi connectivity index (χ1v) is 6.45. The van der Waals surface area contributed by atoms with Crippen molar-refractivity contribution in [2.24, 2.45) is 0 Å². The molecule has 0 unspecified atom stereocenters. The summed E-state index contributed by atoms with van der Waals surface area (Å²) < 4.78 is 51.5. The number of hydrogen-bond donors (Lipinski definition) is 0. The van der Waals surface area contributed by atoms with Crippen LogP contribution in [0.1, 0.15) is 21.5 Å². The van der Waals surface area contributed by atoms with Gasteiger partial charge in [-0.3, -0.25) is 4.79 Å². The number of halogens is 4. The summed E-state index contributed by atoms with van der Waals surface area (Å²) in [4.78, 5) is 13.4. The van der Waals surface area contributed by atoms with E-state index in [2.05, 4.69) is 0 Å². The van der Waals surface area contributed by atoms with Crippen molar-refractivity contribution in [3.8, 4) is 0 Å². The molecule has 0 radical (unpaired) electrons. The Kier molecular flexibility index (Phi) is 4.49. The number of amides is 1. The van der Waals surface area contributed by atoms with Gasteiger partial charge < -0.3 is 4.90 Å². The van der Waals surface area contributed by atoms with E-state index in [9.17, 15) is 22.4 Å². The third kappa shape index (κ3) is 3.63. The lowest BCUT2D eigenvalue weighted by molar-refractivity contribution is -0.137. The molecule has 1 amide bonds. The van der Waals surface area contributed by atoms with E-state index in [0.717, 1.165) is 12.1 Å². The van der Waals surface area contributed by atoms with E-state index >= 15 is 0 Å². The van der Waals surface area contributed by atoms with Crippen LogP contribution in [-0.2, 0) is 12.7 Å². The molecule has 2 nitrogen and oxygen atoms in total. The van der Waals surface area contributed by atoms with Gasteiger partial charge in [0, 0.05) is 24.7 Å². The van der Waals surface area contributed by atoms with Crippen LogP contribution in [0.3, 0.4) is 0 Å². The first kappa shape index (κ1) is 16.0. The van der Waals surface area contributed by atoms with Crippen LogP contribution in [-0.4, -0.2) is 17.9 Å². The van der Waals surface area contributed by atoms with Crippen LogP contribution < -0.4 is 0 Å². The Labute approximate surface area is 125 Å². The monoisotopic (exact) mass is 311 g/mol. The highest BCUT2D eigenvalue weighted by Gasteiger charge is 2.31. The summed E-state index contributed by atoms with van der Waals surface area (Å²) in [6.45, 7) is -0.0260. The van der Waals surface area contributed by atoms with Gasteiger partial charge in [0.15, 0.2) is 0 Å². The average Bonchev–Trinajstić information content (AvgIpc) is 2.48. The molecular formula is C16H13F4NO. The van der Waals surface area contributed by atoms with Gasteiger partial charge in [0.05, 0.1) is 5.56 Å². The molecular weight excluding hydrogens is 298 g/mol. The van der Waals surface area contributed by atoms with Gasteiger partial charge in [-0.25, -0.2) is 4.39 Å². The molecule has 0 saturated heterocycles. The maximum Gasteiger partial charge on any atom is 0.416 e. The van der Waals surface area contributed by atoms with Gasteiger partial charge >= 0.3 is 6.18 Å². The lowest BCUT2D eigenvalue weighted by Crippen LogP contribution is -2.27. The minimum absolute atomic E-state index is 0.0260. The van der Waals surface area contributed by atoms with Crippen molar-refractivity contribution in [2.45, 2.75) is 12.7 Å². The average molecular weight is 311 g/mol. The molecule has 0 heterocycles. The Morgan fingerprint density at radius 1 is 1.09 bits per heavy atom. The normalized spacial score (nSPS) is 11.3. The molecule has 0 saturated carbocycles. The van der Waals surface area contributed by atoms with Crippen LogP contribution in [0.25, 0.3) is 0 Å². The Morgan fingerprint density at radius 3 is 2.41 bits per heavy atom. The Morgan fingerprint density at radius 2 is 1.77 bits per heavy atom. The maximum absolute atomic E-state index is 13.5. The molecule has 22 heavy (non-hydrogen) atoms. The van der Waals surface area contributed by atoms with Crippen LogP contribution in [0.4, 0.5) is 17.6 Å². The number of rotatable bonds is 3. The van der Waals surface area contributed by atoms with Gasteiger partial charge in [0.1, 0.15) is 5.82 Å². The molecule has 0 spiro atoms. The summed E-state index contributed by atoms with van der Waals surface area (Å²) in [7, 11) is 1.41. The van der Waals surface area contributed by atoms with Crippen molar-refractivity contribution in [3.05, 3.63) is 71.0 Å². The number of hydrogen-bond acceptors (Lipinski definition) is 1. The minimum atomic E-state index is -4.51. The first-order valence-electron chi connectivity index (χ1n) is 6.45. The van der Waals surface area contributed by atoms with E-state index in [-0.39, 0.29) is 12.1 Å². The SMILES string of the molecule is CN(Cc1ccccc1F)C(=O)c1cccc(C(F)(F)F)c1. The predicted molar refractivity (Wildman–Crippen MR) is 73.6 cm³/mol. The predicted octanol–water partition coefficient (Wildman–Crippen LogP) is 4.12. The highest BCUT2D eigenvalue weighted by Crippen LogP contribution is 2.29. The van der Waals surface area contributed by atoms with Gasteiger partial charge in [-0.05, 0) is 24.3 Å². The molecule has 0 aliphatic carbocycles. The summed E-state index contributed by atoms with van der Waals surface area (Å²) in [5.74, 6) is -1.07. The van der Waals surface area contributed by atoms with Crippen molar-refractivity contribution in [2.75, 3.05) is 7.05 Å². The second-order valence-electron chi connectivity index (χ2n) is 4.83. The molecule has 0 bridgehead atoms. The van der Waals surface area contributed by atoms with Gasteiger partial charge in [-0.2, -0.15) is 13.2 Å². The number of alkyl halides is 3. The molecule has 2 aromatic carbocycles. The van der Waals surface area contributed by atoms with Gasteiger partial charge in [-0.15, -0.1) is 0 Å². The topological polar surface area (TPSA) is 20.3 Å².